The summed E-state index contributed by atoms with van der Waals surface area (Å²) in [5, 5.41) is 0. The first kappa shape index (κ1) is 9.49. The quantitative estimate of drug-likeness (QED) is 0.412. The Morgan fingerprint density at radius 2 is 1.93 bits per heavy atom. The van der Waals surface area contributed by atoms with Crippen molar-refractivity contribution in [3.63, 3.8) is 0 Å². The molecule has 0 N–H and O–H groups in total. The van der Waals surface area contributed by atoms with Crippen LogP contribution in [0.15, 0.2) is 40.3 Å². The van der Waals surface area contributed by atoms with Gasteiger partial charge in [0.05, 0.1) is 0 Å². The summed E-state index contributed by atoms with van der Waals surface area (Å²) in [6.07, 6.45) is 1.45. The molecule has 1 heterocycles. The van der Waals surface area contributed by atoms with Crippen LogP contribution in [0.2, 0.25) is 0 Å². The second-order valence-electron chi connectivity index (χ2n) is 2.72. The van der Waals surface area contributed by atoms with Gasteiger partial charge in [0.1, 0.15) is 6.34 Å². The van der Waals surface area contributed by atoms with Crippen LogP contribution in [0.5, 0.6) is 0 Å². The van der Waals surface area contributed by atoms with Gasteiger partial charge in [-0.2, -0.15) is 0 Å². The van der Waals surface area contributed by atoms with Crippen LogP contribution in [-0.4, -0.2) is 22.2 Å². The highest BCUT2D eigenvalue weighted by molar-refractivity contribution is 6.29. The fraction of sp³-hybridized carbons (Fsp3) is 0.111. The zero-order valence-corrected chi connectivity index (χ0v) is 8.65. The average Bonchev–Trinajstić information content (AvgIpc) is 2.23. The van der Waals surface area contributed by atoms with Crippen LogP contribution in [0, 0.1) is 0 Å². The van der Waals surface area contributed by atoms with Crippen molar-refractivity contribution in [1.29, 1.82) is 0 Å². The number of halogens is 2. The van der Waals surface area contributed by atoms with E-state index < -0.39 is 5.62 Å². The highest BCUT2D eigenvalue weighted by Crippen LogP contribution is 2.15. The lowest BCUT2D eigenvalue weighted by Crippen LogP contribution is -2.24. The van der Waals surface area contributed by atoms with Gasteiger partial charge in [0, 0.05) is 17.3 Å². The fourth-order valence-corrected chi connectivity index (χ4v) is 1.32. The number of amidine groups is 1. The first-order valence-electron chi connectivity index (χ1n) is 4.03. The van der Waals surface area contributed by atoms with Crippen molar-refractivity contribution in [3.05, 3.63) is 35.9 Å². The van der Waals surface area contributed by atoms with E-state index in [1.807, 2.05) is 30.3 Å². The Morgan fingerprint density at radius 3 is 2.57 bits per heavy atom. The number of nitrogens with zero attached hydrogens (tertiary/aromatic N) is 3. The molecule has 0 amide bonds. The summed E-state index contributed by atoms with van der Waals surface area (Å²) >= 11 is 11.5. The molecule has 0 aromatic heterocycles. The van der Waals surface area contributed by atoms with Gasteiger partial charge >= 0.3 is 0 Å². The molecule has 1 aromatic carbocycles. The Hall–Kier alpha value is -1.06. The molecule has 0 fully saturated rings. The normalized spacial score (nSPS) is 20.9. The first-order valence-corrected chi connectivity index (χ1v) is 4.80. The van der Waals surface area contributed by atoms with Crippen LogP contribution in [0.3, 0.4) is 0 Å². The molecule has 2 rings (SSSR count). The van der Waals surface area contributed by atoms with E-state index >= 15 is 0 Å². The Balaban J connectivity index is 2.30. The molecule has 0 saturated carbocycles. The summed E-state index contributed by atoms with van der Waals surface area (Å²) < 4.78 is 1.22. The molecule has 1 aromatic rings. The van der Waals surface area contributed by atoms with Crippen molar-refractivity contribution in [2.24, 2.45) is 9.98 Å². The minimum absolute atomic E-state index is 0.593. The lowest BCUT2D eigenvalue weighted by molar-refractivity contribution is 0.623. The standard InChI is InChI=1S/C9H7Cl2N3/c10-9-13-8(12-6-14(9)11)7-4-2-1-3-5-7/h1-6,9H. The summed E-state index contributed by atoms with van der Waals surface area (Å²) in [5.41, 5.74) is 0.337. The molecule has 0 aliphatic carbocycles. The molecule has 1 unspecified atom stereocenters. The van der Waals surface area contributed by atoms with Gasteiger partial charge in [0.2, 0.25) is 5.62 Å². The first-order chi connectivity index (χ1) is 6.77. The molecule has 5 heteroatoms. The Morgan fingerprint density at radius 1 is 1.21 bits per heavy atom. The lowest BCUT2D eigenvalue weighted by Gasteiger charge is -2.17. The van der Waals surface area contributed by atoms with Crippen LogP contribution in [0.4, 0.5) is 0 Å². The van der Waals surface area contributed by atoms with Gasteiger partial charge in [0.15, 0.2) is 5.84 Å². The smallest absolute Gasteiger partial charge is 0.214 e. The van der Waals surface area contributed by atoms with Crippen molar-refractivity contribution in [2.75, 3.05) is 0 Å². The second-order valence-corrected chi connectivity index (χ2v) is 3.50. The summed E-state index contributed by atoms with van der Waals surface area (Å²) in [6, 6.07) is 9.61. The number of hydrogen-bond donors (Lipinski definition) is 0. The largest absolute Gasteiger partial charge is 0.237 e. The van der Waals surface area contributed by atoms with Crippen LogP contribution >= 0.6 is 23.4 Å². The SMILES string of the molecule is ClC1N=C(c2ccccc2)N=CN1Cl. The Labute approximate surface area is 91.8 Å². The topological polar surface area (TPSA) is 28.0 Å². The summed E-state index contributed by atoms with van der Waals surface area (Å²) in [5.74, 6) is 0.600. The lowest BCUT2D eigenvalue weighted by atomic mass is 10.2. The average molecular weight is 228 g/mol. The highest BCUT2D eigenvalue weighted by atomic mass is 35.5. The van der Waals surface area contributed by atoms with E-state index in [2.05, 4.69) is 9.98 Å². The predicted molar refractivity (Wildman–Crippen MR) is 58.8 cm³/mol. The zero-order valence-electron chi connectivity index (χ0n) is 7.14. The molecule has 14 heavy (non-hydrogen) atoms. The minimum atomic E-state index is -0.593. The maximum absolute atomic E-state index is 5.83. The minimum Gasteiger partial charge on any atom is -0.237 e. The molecule has 1 atom stereocenters. The third kappa shape index (κ3) is 1.89. The summed E-state index contributed by atoms with van der Waals surface area (Å²) in [7, 11) is 0. The molecule has 72 valence electrons. The van der Waals surface area contributed by atoms with E-state index in [0.29, 0.717) is 5.84 Å². The summed E-state index contributed by atoms with van der Waals surface area (Å²) in [6.45, 7) is 0. The van der Waals surface area contributed by atoms with Gasteiger partial charge in [0.25, 0.3) is 0 Å². The second kappa shape index (κ2) is 3.98. The number of alkyl halides is 1. The molecule has 0 radical (unpaired) electrons. The van der Waals surface area contributed by atoms with Crippen molar-refractivity contribution in [2.45, 2.75) is 5.62 Å². The van der Waals surface area contributed by atoms with Crippen molar-refractivity contribution in [3.8, 4) is 0 Å². The van der Waals surface area contributed by atoms with E-state index in [9.17, 15) is 0 Å². The predicted octanol–water partition coefficient (Wildman–Crippen LogP) is 2.45. The number of benzene rings is 1. The van der Waals surface area contributed by atoms with Crippen LogP contribution in [0.25, 0.3) is 0 Å². The molecule has 0 bridgehead atoms. The Kier molecular flexibility index (Phi) is 2.70. The molecule has 1 aliphatic rings. The van der Waals surface area contributed by atoms with Crippen molar-refractivity contribution >= 4 is 35.6 Å². The number of hydrogen-bond acceptors (Lipinski definition) is 3. The van der Waals surface area contributed by atoms with Crippen molar-refractivity contribution < 1.29 is 0 Å². The van der Waals surface area contributed by atoms with Gasteiger partial charge in [-0.15, -0.1) is 0 Å². The van der Waals surface area contributed by atoms with Crippen LogP contribution in [0.1, 0.15) is 5.56 Å². The maximum atomic E-state index is 5.83. The van der Waals surface area contributed by atoms with Crippen LogP contribution in [-0.2, 0) is 0 Å². The Bertz CT molecular complexity index is 375. The van der Waals surface area contributed by atoms with Gasteiger partial charge in [-0.05, 0) is 0 Å². The van der Waals surface area contributed by atoms with Gasteiger partial charge in [-0.25, -0.2) is 14.4 Å². The van der Waals surface area contributed by atoms with E-state index in [0.717, 1.165) is 5.56 Å². The van der Waals surface area contributed by atoms with Gasteiger partial charge < -0.3 is 0 Å². The maximum Gasteiger partial charge on any atom is 0.214 e. The molecular weight excluding hydrogens is 221 g/mol. The highest BCUT2D eigenvalue weighted by Gasteiger charge is 2.15. The number of aliphatic imine (C=N–C) groups is 2. The molecule has 0 saturated heterocycles. The van der Waals surface area contributed by atoms with Crippen molar-refractivity contribution in [1.82, 2.24) is 4.42 Å². The molecule has 0 spiro atoms. The zero-order chi connectivity index (χ0) is 9.97. The molecular formula is C9H7Cl2N3. The molecule has 3 nitrogen and oxygen atoms in total. The van der Waals surface area contributed by atoms with Gasteiger partial charge in [-0.3, -0.25) is 0 Å². The molecule has 1 aliphatic heterocycles. The number of rotatable bonds is 1. The third-order valence-corrected chi connectivity index (χ3v) is 2.43. The van der Waals surface area contributed by atoms with E-state index in [1.165, 1.54) is 10.8 Å². The van der Waals surface area contributed by atoms with E-state index in [4.69, 9.17) is 23.4 Å². The van der Waals surface area contributed by atoms with Crippen LogP contribution < -0.4 is 0 Å². The monoisotopic (exact) mass is 227 g/mol. The van der Waals surface area contributed by atoms with E-state index in [-0.39, 0.29) is 0 Å². The van der Waals surface area contributed by atoms with Gasteiger partial charge in [-0.1, -0.05) is 41.9 Å². The summed E-state index contributed by atoms with van der Waals surface area (Å²) in [4.78, 5) is 8.18. The third-order valence-electron chi connectivity index (χ3n) is 1.75. The fourth-order valence-electron chi connectivity index (χ4n) is 1.09. The van der Waals surface area contributed by atoms with E-state index in [1.54, 1.807) is 0 Å².